The maximum absolute atomic E-state index is 13.6. The molecule has 1 aliphatic heterocycles. The summed E-state index contributed by atoms with van der Waals surface area (Å²) in [4.78, 5) is 18.4. The van der Waals surface area contributed by atoms with Gasteiger partial charge in [0, 0.05) is 18.6 Å². The maximum Gasteiger partial charge on any atom is 0.335 e. The molecule has 8 nitrogen and oxygen atoms in total. The Labute approximate surface area is 238 Å². The summed E-state index contributed by atoms with van der Waals surface area (Å²) >= 11 is 0. The normalized spacial score (nSPS) is 20.3. The highest BCUT2D eigenvalue weighted by Crippen LogP contribution is 2.43. The van der Waals surface area contributed by atoms with Crippen molar-refractivity contribution in [3.8, 4) is 22.6 Å². The minimum absolute atomic E-state index is 0.179. The predicted octanol–water partition coefficient (Wildman–Crippen LogP) is 6.59. The second-order valence-corrected chi connectivity index (χ2v) is 10.7. The Morgan fingerprint density at radius 3 is 2.46 bits per heavy atom. The van der Waals surface area contributed by atoms with E-state index in [0.29, 0.717) is 42.3 Å². The van der Waals surface area contributed by atoms with E-state index in [2.05, 4.69) is 27.3 Å². The predicted molar refractivity (Wildman–Crippen MR) is 154 cm³/mol. The number of carbonyl (C=O) groups is 1. The number of carboxylic acid groups (broad SMARTS) is 1. The molecule has 2 fully saturated rings. The van der Waals surface area contributed by atoms with Crippen LogP contribution in [0.25, 0.3) is 22.2 Å². The number of fused-ring (bicyclic) bond motifs is 2. The first-order chi connectivity index (χ1) is 19.9. The minimum atomic E-state index is -0.991. The van der Waals surface area contributed by atoms with E-state index in [4.69, 9.17) is 13.9 Å². The highest BCUT2D eigenvalue weighted by atomic mass is 19.1. The van der Waals surface area contributed by atoms with Gasteiger partial charge in [0.15, 0.2) is 5.58 Å². The highest BCUT2D eigenvalue weighted by molar-refractivity contribution is 5.92. The molecule has 1 aromatic heterocycles. The topological polar surface area (TPSA) is 97.1 Å². The molecular weight excluding hydrogens is 525 g/mol. The van der Waals surface area contributed by atoms with Gasteiger partial charge in [-0.1, -0.05) is 12.1 Å². The van der Waals surface area contributed by atoms with Crippen LogP contribution in [-0.2, 0) is 6.54 Å². The third-order valence-corrected chi connectivity index (χ3v) is 8.19. The summed E-state index contributed by atoms with van der Waals surface area (Å²) in [6, 6.07) is 16.4. The molecule has 0 bridgehead atoms. The summed E-state index contributed by atoms with van der Waals surface area (Å²) in [6.07, 6.45) is 3.13. The smallest absolute Gasteiger partial charge is 0.335 e. The van der Waals surface area contributed by atoms with Crippen molar-refractivity contribution in [2.24, 2.45) is 5.92 Å². The molecule has 2 N–H and O–H groups in total. The Bertz CT molecular complexity index is 1530. The largest absolute Gasteiger partial charge is 0.493 e. The number of hydrogen-bond donors (Lipinski definition) is 2. The Hall–Kier alpha value is -4.11. The molecule has 0 radical (unpaired) electrons. The minimum Gasteiger partial charge on any atom is -0.493 e. The molecule has 0 amide bonds. The van der Waals surface area contributed by atoms with E-state index in [1.807, 2.05) is 13.8 Å². The lowest BCUT2D eigenvalue weighted by molar-refractivity contribution is 0.0697. The standard InChI is InChI=1S/C32H34FN3O5/c1-3-39-28-15-19(16-29(40-4-2)30(28)20-5-8-22(33)9-6-20)18-36-14-13-23-24(11-12-26(23)36)34-32-35-25-10-7-21(31(37)38)17-27(25)41-32/h5-10,15-17,23-24,26H,3-4,11-14,18H2,1-2H3,(H,34,35)(H,37,38). The highest BCUT2D eigenvalue weighted by Gasteiger charge is 2.44. The molecule has 0 spiro atoms. The molecular formula is C32H34FN3O5. The lowest BCUT2D eigenvalue weighted by Crippen LogP contribution is -2.32. The van der Waals surface area contributed by atoms with Crippen molar-refractivity contribution < 1.29 is 28.2 Å². The molecule has 3 unspecified atom stereocenters. The van der Waals surface area contributed by atoms with Crippen LogP contribution in [0.4, 0.5) is 10.4 Å². The van der Waals surface area contributed by atoms with Gasteiger partial charge >= 0.3 is 5.97 Å². The monoisotopic (exact) mass is 559 g/mol. The summed E-state index contributed by atoms with van der Waals surface area (Å²) in [6.45, 7) is 6.70. The van der Waals surface area contributed by atoms with E-state index in [9.17, 15) is 14.3 Å². The fourth-order valence-electron chi connectivity index (χ4n) is 6.44. The van der Waals surface area contributed by atoms with E-state index in [1.165, 1.54) is 24.3 Å². The first-order valence-electron chi connectivity index (χ1n) is 14.3. The van der Waals surface area contributed by atoms with Gasteiger partial charge in [0.2, 0.25) is 0 Å². The number of nitrogens with one attached hydrogen (secondary N) is 1. The number of oxazole rings is 1. The van der Waals surface area contributed by atoms with Crippen LogP contribution in [0.5, 0.6) is 11.5 Å². The third kappa shape index (κ3) is 5.46. The molecule has 6 rings (SSSR count). The van der Waals surface area contributed by atoms with E-state index >= 15 is 0 Å². The Kier molecular flexibility index (Phi) is 7.53. The second kappa shape index (κ2) is 11.4. The lowest BCUT2D eigenvalue weighted by atomic mass is 9.99. The average Bonchev–Trinajstić information content (AvgIpc) is 3.66. The van der Waals surface area contributed by atoms with Gasteiger partial charge in [-0.2, -0.15) is 4.98 Å². The number of likely N-dealkylation sites (tertiary alicyclic amines) is 1. The first-order valence-corrected chi connectivity index (χ1v) is 14.3. The van der Waals surface area contributed by atoms with Gasteiger partial charge in [0.05, 0.1) is 24.3 Å². The SMILES string of the molecule is CCOc1cc(CN2CCC3C(Nc4nc5ccc(C(=O)O)cc5o4)CCC32)cc(OCC)c1-c1ccc(F)cc1. The number of benzene rings is 3. The summed E-state index contributed by atoms with van der Waals surface area (Å²) in [5, 5.41) is 12.8. The summed E-state index contributed by atoms with van der Waals surface area (Å²) in [5.74, 6) is 0.662. The molecule has 1 saturated heterocycles. The Balaban J connectivity index is 1.19. The summed E-state index contributed by atoms with van der Waals surface area (Å²) < 4.78 is 31.7. The fourth-order valence-corrected chi connectivity index (χ4v) is 6.44. The van der Waals surface area contributed by atoms with Gasteiger partial charge in [-0.05, 0) is 99.2 Å². The third-order valence-electron chi connectivity index (χ3n) is 8.19. The van der Waals surface area contributed by atoms with Crippen LogP contribution in [0.2, 0.25) is 0 Å². The van der Waals surface area contributed by atoms with Gasteiger partial charge in [0.1, 0.15) is 22.8 Å². The lowest BCUT2D eigenvalue weighted by Gasteiger charge is -2.25. The average molecular weight is 560 g/mol. The summed E-state index contributed by atoms with van der Waals surface area (Å²) in [7, 11) is 0. The van der Waals surface area contributed by atoms with Crippen LogP contribution in [0, 0.1) is 11.7 Å². The van der Waals surface area contributed by atoms with Gasteiger partial charge in [-0.15, -0.1) is 0 Å². The number of anilines is 1. The molecule has 3 atom stereocenters. The maximum atomic E-state index is 13.6. The van der Waals surface area contributed by atoms with Crippen LogP contribution < -0.4 is 14.8 Å². The zero-order valence-electron chi connectivity index (χ0n) is 23.2. The number of aromatic carboxylic acids is 1. The molecule has 214 valence electrons. The van der Waals surface area contributed by atoms with Crippen molar-refractivity contribution in [3.05, 3.63) is 71.5 Å². The molecule has 9 heteroatoms. The number of ether oxygens (including phenoxy) is 2. The molecule has 2 aliphatic rings. The Morgan fingerprint density at radius 1 is 1.05 bits per heavy atom. The van der Waals surface area contributed by atoms with E-state index in [-0.39, 0.29) is 17.4 Å². The van der Waals surface area contributed by atoms with Gasteiger partial charge in [-0.25, -0.2) is 9.18 Å². The second-order valence-electron chi connectivity index (χ2n) is 10.7. The quantitative estimate of drug-likeness (QED) is 0.225. The number of halogens is 1. The molecule has 4 aromatic rings. The van der Waals surface area contributed by atoms with Crippen molar-refractivity contribution in [1.82, 2.24) is 9.88 Å². The van der Waals surface area contributed by atoms with Crippen LogP contribution in [0.15, 0.2) is 59.0 Å². The molecule has 1 aliphatic carbocycles. The van der Waals surface area contributed by atoms with E-state index in [1.54, 1.807) is 18.2 Å². The summed E-state index contributed by atoms with van der Waals surface area (Å²) in [5.41, 5.74) is 4.10. The number of carboxylic acids is 1. The van der Waals surface area contributed by atoms with Gasteiger partial charge in [-0.3, -0.25) is 4.90 Å². The van der Waals surface area contributed by atoms with Gasteiger partial charge < -0.3 is 24.3 Å². The van der Waals surface area contributed by atoms with Crippen LogP contribution in [0.1, 0.15) is 49.0 Å². The number of nitrogens with zero attached hydrogens (tertiary/aromatic N) is 2. The van der Waals surface area contributed by atoms with Crippen molar-refractivity contribution in [2.45, 2.75) is 51.7 Å². The molecule has 41 heavy (non-hydrogen) atoms. The van der Waals surface area contributed by atoms with E-state index < -0.39 is 5.97 Å². The molecule has 1 saturated carbocycles. The molecule has 2 heterocycles. The zero-order valence-corrected chi connectivity index (χ0v) is 23.2. The fraction of sp³-hybridized carbons (Fsp3) is 0.375. The molecule has 3 aromatic carbocycles. The first kappa shape index (κ1) is 27.1. The number of aromatic nitrogens is 1. The van der Waals surface area contributed by atoms with Crippen molar-refractivity contribution in [2.75, 3.05) is 25.1 Å². The number of hydrogen-bond acceptors (Lipinski definition) is 7. The van der Waals surface area contributed by atoms with Crippen LogP contribution in [0.3, 0.4) is 0 Å². The van der Waals surface area contributed by atoms with Crippen LogP contribution >= 0.6 is 0 Å². The Morgan fingerprint density at radius 2 is 1.78 bits per heavy atom. The number of rotatable bonds is 10. The van der Waals surface area contributed by atoms with Crippen LogP contribution in [-0.4, -0.2) is 52.8 Å². The van der Waals surface area contributed by atoms with Crippen molar-refractivity contribution in [1.29, 1.82) is 0 Å². The van der Waals surface area contributed by atoms with Gasteiger partial charge in [0.25, 0.3) is 6.01 Å². The van der Waals surface area contributed by atoms with E-state index in [0.717, 1.165) is 60.5 Å². The zero-order chi connectivity index (χ0) is 28.5. The van der Waals surface area contributed by atoms with Crippen molar-refractivity contribution >= 4 is 23.1 Å². The van der Waals surface area contributed by atoms with Crippen molar-refractivity contribution in [3.63, 3.8) is 0 Å².